The molecule has 5 heteroatoms. The average molecular weight is 213 g/mol. The van der Waals surface area contributed by atoms with Gasteiger partial charge in [0.1, 0.15) is 17.3 Å². The van der Waals surface area contributed by atoms with Gasteiger partial charge in [-0.1, -0.05) is 0 Å². The van der Waals surface area contributed by atoms with E-state index in [1.165, 1.54) is 13.2 Å². The molecule has 4 nitrogen and oxygen atoms in total. The summed E-state index contributed by atoms with van der Waals surface area (Å²) in [6, 6.07) is 2.23. The number of carbonyl (C=O) groups excluding carboxylic acids is 1. The molecule has 15 heavy (non-hydrogen) atoms. The Bertz CT molecular complexity index is 356. The summed E-state index contributed by atoms with van der Waals surface area (Å²) >= 11 is 0. The van der Waals surface area contributed by atoms with Crippen LogP contribution in [0.4, 0.5) is 4.39 Å². The first-order valence-electron chi connectivity index (χ1n) is 4.40. The lowest BCUT2D eigenvalue weighted by molar-refractivity contribution is 0.0978. The number of phenolic OH excluding ortho intramolecular Hbond substituents is 1. The van der Waals surface area contributed by atoms with Crippen molar-refractivity contribution in [1.29, 1.82) is 0 Å². The summed E-state index contributed by atoms with van der Waals surface area (Å²) in [7, 11) is 1.34. The van der Waals surface area contributed by atoms with E-state index in [1.54, 1.807) is 0 Å². The minimum atomic E-state index is -0.801. The topological polar surface area (TPSA) is 72.5 Å². The number of phenols is 1. The normalized spacial score (nSPS) is 10.1. The molecule has 0 aliphatic carbocycles. The van der Waals surface area contributed by atoms with E-state index >= 15 is 0 Å². The highest BCUT2D eigenvalue weighted by Gasteiger charge is 2.17. The Balaban J connectivity index is 3.13. The molecule has 0 saturated carbocycles. The highest BCUT2D eigenvalue weighted by molar-refractivity contribution is 5.99. The molecular formula is C10H12FNO3. The molecule has 0 radical (unpaired) electrons. The standard InChI is InChI=1S/C10H12FNO3/c1-15-6-4-7(11)10(9(14)5-6)8(13)2-3-12/h4-5,14H,2-3,12H2,1H3. The molecule has 82 valence electrons. The third kappa shape index (κ3) is 2.44. The lowest BCUT2D eigenvalue weighted by Crippen LogP contribution is -2.10. The third-order valence-corrected chi connectivity index (χ3v) is 1.93. The Hall–Kier alpha value is -1.62. The van der Waals surface area contributed by atoms with Crippen molar-refractivity contribution in [3.63, 3.8) is 0 Å². The summed E-state index contributed by atoms with van der Waals surface area (Å²) in [5.41, 5.74) is 4.84. The van der Waals surface area contributed by atoms with Crippen LogP contribution >= 0.6 is 0 Å². The Kier molecular flexibility index (Phi) is 3.62. The molecule has 0 spiro atoms. The second-order valence-electron chi connectivity index (χ2n) is 2.97. The first kappa shape index (κ1) is 11.5. The third-order valence-electron chi connectivity index (χ3n) is 1.93. The number of hydrogen-bond acceptors (Lipinski definition) is 4. The van der Waals surface area contributed by atoms with Crippen LogP contribution in [0.3, 0.4) is 0 Å². The number of hydrogen-bond donors (Lipinski definition) is 2. The van der Waals surface area contributed by atoms with E-state index in [-0.39, 0.29) is 24.3 Å². The second kappa shape index (κ2) is 4.75. The minimum Gasteiger partial charge on any atom is -0.507 e. The first-order chi connectivity index (χ1) is 7.10. The van der Waals surface area contributed by atoms with Gasteiger partial charge in [-0.15, -0.1) is 0 Å². The molecule has 0 heterocycles. The van der Waals surface area contributed by atoms with Crippen molar-refractivity contribution in [2.24, 2.45) is 5.73 Å². The summed E-state index contributed by atoms with van der Waals surface area (Å²) in [6.45, 7) is 0.115. The largest absolute Gasteiger partial charge is 0.507 e. The molecule has 3 N–H and O–H groups in total. The first-order valence-corrected chi connectivity index (χ1v) is 4.40. The number of nitrogens with two attached hydrogens (primary N) is 1. The number of halogens is 1. The molecule has 0 aliphatic rings. The highest BCUT2D eigenvalue weighted by atomic mass is 19.1. The molecule has 0 bridgehead atoms. The van der Waals surface area contributed by atoms with Gasteiger partial charge in [0, 0.05) is 18.6 Å². The number of ether oxygens (including phenoxy) is 1. The number of methoxy groups -OCH3 is 1. The van der Waals surface area contributed by atoms with Gasteiger partial charge in [-0.05, 0) is 6.54 Å². The zero-order valence-corrected chi connectivity index (χ0v) is 8.29. The zero-order valence-electron chi connectivity index (χ0n) is 8.29. The maximum absolute atomic E-state index is 13.4. The molecule has 0 fully saturated rings. The fraction of sp³-hybridized carbons (Fsp3) is 0.300. The van der Waals surface area contributed by atoms with Crippen molar-refractivity contribution in [2.45, 2.75) is 6.42 Å². The Morgan fingerprint density at radius 3 is 2.73 bits per heavy atom. The molecule has 0 aromatic heterocycles. The SMILES string of the molecule is COc1cc(O)c(C(=O)CCN)c(F)c1. The highest BCUT2D eigenvalue weighted by Crippen LogP contribution is 2.27. The van der Waals surface area contributed by atoms with Gasteiger partial charge >= 0.3 is 0 Å². The molecule has 0 amide bonds. The van der Waals surface area contributed by atoms with Gasteiger partial charge in [-0.3, -0.25) is 4.79 Å². The molecular weight excluding hydrogens is 201 g/mol. The van der Waals surface area contributed by atoms with Crippen LogP contribution in [0.5, 0.6) is 11.5 Å². The monoisotopic (exact) mass is 213 g/mol. The number of aromatic hydroxyl groups is 1. The Labute approximate surface area is 86.5 Å². The van der Waals surface area contributed by atoms with Crippen molar-refractivity contribution < 1.29 is 19.0 Å². The van der Waals surface area contributed by atoms with Gasteiger partial charge in [-0.2, -0.15) is 0 Å². The predicted octanol–water partition coefficient (Wildman–Crippen LogP) is 1.07. The number of rotatable bonds is 4. The van der Waals surface area contributed by atoms with Gasteiger partial charge in [0.2, 0.25) is 0 Å². The molecule has 0 unspecified atom stereocenters. The number of benzene rings is 1. The fourth-order valence-electron chi connectivity index (χ4n) is 1.22. The van der Waals surface area contributed by atoms with Crippen molar-refractivity contribution >= 4 is 5.78 Å². The number of carbonyl (C=O) groups is 1. The van der Waals surface area contributed by atoms with E-state index in [1.807, 2.05) is 0 Å². The van der Waals surface area contributed by atoms with Crippen molar-refractivity contribution in [3.8, 4) is 11.5 Å². The Morgan fingerprint density at radius 2 is 2.27 bits per heavy atom. The van der Waals surface area contributed by atoms with E-state index in [0.717, 1.165) is 6.07 Å². The van der Waals surface area contributed by atoms with Crippen LogP contribution in [-0.4, -0.2) is 24.5 Å². The molecule has 0 saturated heterocycles. The summed E-state index contributed by atoms with van der Waals surface area (Å²) in [5.74, 6) is -1.58. The molecule has 1 rings (SSSR count). The van der Waals surface area contributed by atoms with E-state index in [9.17, 15) is 14.3 Å². The minimum absolute atomic E-state index is 0.00317. The van der Waals surface area contributed by atoms with Crippen LogP contribution in [0.15, 0.2) is 12.1 Å². The fourth-order valence-corrected chi connectivity index (χ4v) is 1.22. The summed E-state index contributed by atoms with van der Waals surface area (Å²) in [6.07, 6.45) is -0.00317. The van der Waals surface area contributed by atoms with E-state index < -0.39 is 17.3 Å². The van der Waals surface area contributed by atoms with E-state index in [0.29, 0.717) is 0 Å². The average Bonchev–Trinajstić information content (AvgIpc) is 2.16. The summed E-state index contributed by atoms with van der Waals surface area (Å²) in [4.78, 5) is 11.4. The van der Waals surface area contributed by atoms with Gasteiger partial charge in [0.15, 0.2) is 5.78 Å². The van der Waals surface area contributed by atoms with Crippen LogP contribution < -0.4 is 10.5 Å². The maximum Gasteiger partial charge on any atom is 0.170 e. The lowest BCUT2D eigenvalue weighted by atomic mass is 10.1. The van der Waals surface area contributed by atoms with Gasteiger partial charge in [-0.25, -0.2) is 4.39 Å². The summed E-state index contributed by atoms with van der Waals surface area (Å²) in [5, 5.41) is 9.42. The maximum atomic E-state index is 13.4. The quantitative estimate of drug-likeness (QED) is 0.734. The van der Waals surface area contributed by atoms with Crippen LogP contribution in [0.2, 0.25) is 0 Å². The predicted molar refractivity (Wildman–Crippen MR) is 52.6 cm³/mol. The molecule has 0 aliphatic heterocycles. The van der Waals surface area contributed by atoms with Crippen molar-refractivity contribution in [2.75, 3.05) is 13.7 Å². The summed E-state index contributed by atoms with van der Waals surface area (Å²) < 4.78 is 18.1. The number of ketones is 1. The smallest absolute Gasteiger partial charge is 0.170 e. The molecule has 1 aromatic rings. The molecule has 1 aromatic carbocycles. The van der Waals surface area contributed by atoms with Crippen molar-refractivity contribution in [3.05, 3.63) is 23.5 Å². The van der Waals surface area contributed by atoms with Gasteiger partial charge in [0.25, 0.3) is 0 Å². The lowest BCUT2D eigenvalue weighted by Gasteiger charge is -2.07. The van der Waals surface area contributed by atoms with Crippen LogP contribution in [-0.2, 0) is 0 Å². The Morgan fingerprint density at radius 1 is 1.60 bits per heavy atom. The van der Waals surface area contributed by atoms with Crippen LogP contribution in [0, 0.1) is 5.82 Å². The second-order valence-corrected chi connectivity index (χ2v) is 2.97. The number of Topliss-reactive ketones (excluding diaryl/α,β-unsaturated/α-hetero) is 1. The van der Waals surface area contributed by atoms with Crippen LogP contribution in [0.25, 0.3) is 0 Å². The van der Waals surface area contributed by atoms with Gasteiger partial charge in [0.05, 0.1) is 12.7 Å². The van der Waals surface area contributed by atoms with Gasteiger partial charge < -0.3 is 15.6 Å². The molecule has 0 atom stereocenters. The van der Waals surface area contributed by atoms with E-state index in [4.69, 9.17) is 10.5 Å². The zero-order chi connectivity index (χ0) is 11.4. The van der Waals surface area contributed by atoms with Crippen molar-refractivity contribution in [1.82, 2.24) is 0 Å². The van der Waals surface area contributed by atoms with E-state index in [2.05, 4.69) is 0 Å². The van der Waals surface area contributed by atoms with Crippen LogP contribution in [0.1, 0.15) is 16.8 Å².